The Kier molecular flexibility index (Phi) is 6.36. The van der Waals surface area contributed by atoms with Crippen LogP contribution in [0.2, 0.25) is 0 Å². The number of alkyl carbamates (subject to hydrolysis) is 1. The monoisotopic (exact) mass is 512 g/mol. The second kappa shape index (κ2) is 9.34. The van der Waals surface area contributed by atoms with E-state index in [4.69, 9.17) is 19.4 Å². The summed E-state index contributed by atoms with van der Waals surface area (Å²) < 4.78 is 10.9. The summed E-state index contributed by atoms with van der Waals surface area (Å²) in [5, 5.41) is 10.0. The number of rotatable bonds is 3. The topological polar surface area (TPSA) is 118 Å². The van der Waals surface area contributed by atoms with Gasteiger partial charge in [-0.1, -0.05) is 18.7 Å². The van der Waals surface area contributed by atoms with Crippen LogP contribution in [0.1, 0.15) is 46.1 Å². The lowest BCUT2D eigenvalue weighted by atomic mass is 9.80. The van der Waals surface area contributed by atoms with Crippen molar-refractivity contribution >= 4 is 41.1 Å². The Morgan fingerprint density at radius 3 is 2.83 bits per heavy atom. The maximum absolute atomic E-state index is 12.1. The van der Waals surface area contributed by atoms with Crippen LogP contribution in [0, 0.1) is 5.41 Å². The third kappa shape index (κ3) is 5.45. The number of hydrogen-bond acceptors (Lipinski definition) is 9. The van der Waals surface area contributed by atoms with E-state index in [0.29, 0.717) is 24.5 Å². The fourth-order valence-electron chi connectivity index (χ4n) is 4.43. The lowest BCUT2D eigenvalue weighted by Gasteiger charge is -2.40. The summed E-state index contributed by atoms with van der Waals surface area (Å²) in [4.78, 5) is 36.6. The third-order valence-corrected chi connectivity index (χ3v) is 7.62. The normalized spacial score (nSPS) is 18.3. The van der Waals surface area contributed by atoms with E-state index in [-0.39, 0.29) is 24.0 Å². The van der Waals surface area contributed by atoms with Crippen LogP contribution in [0.5, 0.6) is 5.75 Å². The Morgan fingerprint density at radius 2 is 2.08 bits per heavy atom. The van der Waals surface area contributed by atoms with Gasteiger partial charge in [0.05, 0.1) is 11.9 Å². The maximum atomic E-state index is 12.1. The number of hydrogen-bond donors (Lipinski definition) is 3. The van der Waals surface area contributed by atoms with Gasteiger partial charge in [-0.2, -0.15) is 0 Å². The number of amides is 2. The minimum atomic E-state index is -0.505. The van der Waals surface area contributed by atoms with E-state index in [1.54, 1.807) is 0 Å². The van der Waals surface area contributed by atoms with E-state index in [2.05, 4.69) is 27.8 Å². The van der Waals surface area contributed by atoms with Crippen molar-refractivity contribution in [1.82, 2.24) is 15.3 Å². The molecule has 0 unspecified atom stereocenters. The number of anilines is 3. The SMILES string of the molecule is CC1(CNC(=O)OC(C)(C)C)CCN(c2cnc3c(n2)NCc2cc4c(cc2S3)NC(=O)CO4)CC1. The van der Waals surface area contributed by atoms with Gasteiger partial charge in [-0.3, -0.25) is 4.79 Å². The standard InChI is InChI=1S/C25H32N6O4S/c1-24(2,3)35-23(33)28-14-25(4)5-7-31(8-6-25)19-12-27-22-21(30-19)26-11-15-9-17-16(10-18(15)36-22)29-20(32)13-34-17/h9-10,12H,5-8,11,13-14H2,1-4H3,(H,26,30)(H,28,33)(H,29,32). The number of aromatic nitrogens is 2. The van der Waals surface area contributed by atoms with Crippen molar-refractivity contribution in [2.75, 3.05) is 41.8 Å². The van der Waals surface area contributed by atoms with E-state index in [9.17, 15) is 9.59 Å². The molecule has 0 spiro atoms. The molecule has 10 nitrogen and oxygen atoms in total. The molecule has 1 saturated heterocycles. The van der Waals surface area contributed by atoms with Gasteiger partial charge in [-0.05, 0) is 56.7 Å². The molecular formula is C25H32N6O4S. The predicted octanol–water partition coefficient (Wildman–Crippen LogP) is 4.02. The highest BCUT2D eigenvalue weighted by atomic mass is 32.2. The van der Waals surface area contributed by atoms with Gasteiger partial charge >= 0.3 is 6.09 Å². The van der Waals surface area contributed by atoms with Crippen molar-refractivity contribution in [1.29, 1.82) is 0 Å². The summed E-state index contributed by atoms with van der Waals surface area (Å²) in [7, 11) is 0. The van der Waals surface area contributed by atoms with Crippen molar-refractivity contribution in [2.24, 2.45) is 5.41 Å². The van der Waals surface area contributed by atoms with Crippen LogP contribution in [0.25, 0.3) is 0 Å². The van der Waals surface area contributed by atoms with Crippen LogP contribution in [0.4, 0.5) is 22.1 Å². The molecule has 2 aromatic rings. The second-order valence-corrected chi connectivity index (χ2v) is 11.8. The van der Waals surface area contributed by atoms with E-state index < -0.39 is 5.60 Å². The molecule has 0 bridgehead atoms. The molecule has 3 N–H and O–H groups in total. The van der Waals surface area contributed by atoms with Crippen LogP contribution in [-0.2, 0) is 16.1 Å². The zero-order valence-electron chi connectivity index (χ0n) is 21.1. The number of carbonyl (C=O) groups is 2. The van der Waals surface area contributed by atoms with Crippen molar-refractivity contribution in [2.45, 2.75) is 62.6 Å². The molecule has 0 aliphatic carbocycles. The van der Waals surface area contributed by atoms with Crippen molar-refractivity contribution in [3.05, 3.63) is 23.9 Å². The molecular weight excluding hydrogens is 480 g/mol. The predicted molar refractivity (Wildman–Crippen MR) is 138 cm³/mol. The zero-order valence-corrected chi connectivity index (χ0v) is 21.9. The van der Waals surface area contributed by atoms with Crippen LogP contribution in [-0.4, -0.2) is 53.8 Å². The number of nitrogens with zero attached hydrogens (tertiary/aromatic N) is 3. The minimum absolute atomic E-state index is 0.00112. The quantitative estimate of drug-likeness (QED) is 0.560. The summed E-state index contributed by atoms with van der Waals surface area (Å²) in [6.07, 6.45) is 3.30. The summed E-state index contributed by atoms with van der Waals surface area (Å²) in [5.74, 6) is 2.12. The summed E-state index contributed by atoms with van der Waals surface area (Å²) >= 11 is 1.53. The molecule has 1 aromatic heterocycles. The molecule has 11 heteroatoms. The van der Waals surface area contributed by atoms with Crippen molar-refractivity contribution < 1.29 is 19.1 Å². The van der Waals surface area contributed by atoms with E-state index in [1.807, 2.05) is 39.1 Å². The molecule has 0 atom stereocenters. The highest BCUT2D eigenvalue weighted by Crippen LogP contribution is 2.42. The van der Waals surface area contributed by atoms with Crippen LogP contribution in [0.3, 0.4) is 0 Å². The molecule has 0 saturated carbocycles. The first-order valence-corrected chi connectivity index (χ1v) is 13.0. The summed E-state index contributed by atoms with van der Waals surface area (Å²) in [6, 6.07) is 3.91. The molecule has 1 fully saturated rings. The van der Waals surface area contributed by atoms with Crippen LogP contribution < -0.4 is 25.6 Å². The van der Waals surface area contributed by atoms with E-state index >= 15 is 0 Å². The lowest BCUT2D eigenvalue weighted by molar-refractivity contribution is -0.118. The summed E-state index contributed by atoms with van der Waals surface area (Å²) in [5.41, 5.74) is 1.25. The average Bonchev–Trinajstić information content (AvgIpc) is 2.99. The Balaban J connectivity index is 1.22. The van der Waals surface area contributed by atoms with Gasteiger partial charge in [0.1, 0.15) is 22.2 Å². The Morgan fingerprint density at radius 1 is 1.31 bits per heavy atom. The zero-order chi connectivity index (χ0) is 25.5. The van der Waals surface area contributed by atoms with Gasteiger partial charge in [0, 0.05) is 31.1 Å². The number of piperidine rings is 1. The van der Waals surface area contributed by atoms with Gasteiger partial charge in [0.2, 0.25) is 0 Å². The highest BCUT2D eigenvalue weighted by Gasteiger charge is 2.32. The second-order valence-electron chi connectivity index (χ2n) is 10.8. The molecule has 3 aliphatic rings. The molecule has 2 amide bonds. The molecule has 4 heterocycles. The van der Waals surface area contributed by atoms with Gasteiger partial charge < -0.3 is 30.3 Å². The number of fused-ring (bicyclic) bond motifs is 3. The molecule has 5 rings (SSSR count). The van der Waals surface area contributed by atoms with E-state index in [0.717, 1.165) is 53.1 Å². The number of carbonyl (C=O) groups excluding carboxylic acids is 2. The molecule has 192 valence electrons. The maximum Gasteiger partial charge on any atom is 0.407 e. The first-order chi connectivity index (χ1) is 17.1. The first kappa shape index (κ1) is 24.5. The number of ether oxygens (including phenoxy) is 2. The summed E-state index contributed by atoms with van der Waals surface area (Å²) in [6.45, 7) is 10.7. The Labute approximate surface area is 214 Å². The van der Waals surface area contributed by atoms with Gasteiger partial charge in [-0.25, -0.2) is 14.8 Å². The van der Waals surface area contributed by atoms with Crippen molar-refractivity contribution in [3.63, 3.8) is 0 Å². The minimum Gasteiger partial charge on any atom is -0.482 e. The van der Waals surface area contributed by atoms with Crippen molar-refractivity contribution in [3.8, 4) is 5.75 Å². The van der Waals surface area contributed by atoms with Gasteiger partial charge in [0.25, 0.3) is 5.91 Å². The smallest absolute Gasteiger partial charge is 0.407 e. The molecule has 0 radical (unpaired) electrons. The fourth-order valence-corrected chi connectivity index (χ4v) is 5.40. The Bertz CT molecular complexity index is 1190. The van der Waals surface area contributed by atoms with Crippen LogP contribution in [0.15, 0.2) is 28.3 Å². The largest absolute Gasteiger partial charge is 0.482 e. The number of nitrogens with one attached hydrogen (secondary N) is 3. The third-order valence-electron chi connectivity index (χ3n) is 6.53. The Hall–Kier alpha value is -3.21. The lowest BCUT2D eigenvalue weighted by Crippen LogP contribution is -2.46. The molecule has 1 aromatic carbocycles. The molecule has 3 aliphatic heterocycles. The van der Waals surface area contributed by atoms with E-state index in [1.165, 1.54) is 11.8 Å². The molecule has 36 heavy (non-hydrogen) atoms. The van der Waals surface area contributed by atoms with Gasteiger partial charge in [0.15, 0.2) is 12.4 Å². The highest BCUT2D eigenvalue weighted by molar-refractivity contribution is 7.99. The average molecular weight is 513 g/mol. The van der Waals surface area contributed by atoms with Gasteiger partial charge in [-0.15, -0.1) is 0 Å². The number of benzene rings is 1. The first-order valence-electron chi connectivity index (χ1n) is 12.2. The fraction of sp³-hybridized carbons (Fsp3) is 0.520. The van der Waals surface area contributed by atoms with Crippen LogP contribution >= 0.6 is 11.8 Å².